The molecule has 148 valence electrons. The Morgan fingerprint density at radius 3 is 2.39 bits per heavy atom. The average molecular weight is 393 g/mol. The second-order valence-corrected chi connectivity index (χ2v) is 6.16. The predicted molar refractivity (Wildman–Crippen MR) is 96.1 cm³/mol. The largest absolute Gasteiger partial charge is 0.424 e. The van der Waals surface area contributed by atoms with Crippen molar-refractivity contribution in [3.05, 3.63) is 59.7 Å². The van der Waals surface area contributed by atoms with Gasteiger partial charge in [0.25, 0.3) is 5.91 Å². The van der Waals surface area contributed by atoms with Crippen LogP contribution in [0, 0.1) is 0 Å². The smallest absolute Gasteiger partial charge is 0.416 e. The number of hydrogen-bond donors (Lipinski definition) is 3. The molecule has 3 N–H and O–H groups in total. The molecule has 0 bridgehead atoms. The molecule has 0 aromatic heterocycles. The Morgan fingerprint density at radius 1 is 1.04 bits per heavy atom. The van der Waals surface area contributed by atoms with Gasteiger partial charge in [-0.25, -0.2) is 4.79 Å². The van der Waals surface area contributed by atoms with E-state index in [9.17, 15) is 22.8 Å². The van der Waals surface area contributed by atoms with Crippen LogP contribution in [0.1, 0.15) is 15.9 Å². The number of para-hydroxylation sites is 1. The van der Waals surface area contributed by atoms with Gasteiger partial charge in [-0.05, 0) is 36.4 Å². The Balaban J connectivity index is 1.71. The van der Waals surface area contributed by atoms with E-state index in [1.165, 1.54) is 12.1 Å². The first-order chi connectivity index (χ1) is 13.3. The van der Waals surface area contributed by atoms with Crippen molar-refractivity contribution in [1.82, 2.24) is 10.6 Å². The maximum atomic E-state index is 12.6. The zero-order valence-corrected chi connectivity index (χ0v) is 14.7. The SMILES string of the molecule is O=C(Nc1ccc(C(F)(F)F)cc1)c1ccccc1OC(=O)C1CNCCN1. The first-order valence-electron chi connectivity index (χ1n) is 8.58. The molecule has 0 aliphatic carbocycles. The van der Waals surface area contributed by atoms with Crippen molar-refractivity contribution >= 4 is 17.6 Å². The maximum absolute atomic E-state index is 12.6. The zero-order valence-electron chi connectivity index (χ0n) is 14.7. The van der Waals surface area contributed by atoms with Crippen LogP contribution in [0.2, 0.25) is 0 Å². The van der Waals surface area contributed by atoms with Crippen molar-refractivity contribution in [1.29, 1.82) is 0 Å². The van der Waals surface area contributed by atoms with Crippen molar-refractivity contribution in [3.63, 3.8) is 0 Å². The van der Waals surface area contributed by atoms with Crippen molar-refractivity contribution in [2.75, 3.05) is 25.0 Å². The highest BCUT2D eigenvalue weighted by molar-refractivity contribution is 6.06. The number of rotatable bonds is 4. The summed E-state index contributed by atoms with van der Waals surface area (Å²) in [6.45, 7) is 1.78. The monoisotopic (exact) mass is 393 g/mol. The highest BCUT2D eigenvalue weighted by Crippen LogP contribution is 2.30. The van der Waals surface area contributed by atoms with Crippen molar-refractivity contribution in [2.45, 2.75) is 12.2 Å². The van der Waals surface area contributed by atoms with Crippen LogP contribution < -0.4 is 20.7 Å². The zero-order chi connectivity index (χ0) is 20.1. The Kier molecular flexibility index (Phi) is 5.96. The molecule has 1 unspecified atom stereocenters. The van der Waals surface area contributed by atoms with E-state index in [1.54, 1.807) is 12.1 Å². The van der Waals surface area contributed by atoms with Crippen molar-refractivity contribution in [3.8, 4) is 5.75 Å². The lowest BCUT2D eigenvalue weighted by atomic mass is 10.1. The number of piperazine rings is 1. The predicted octanol–water partition coefficient (Wildman–Crippen LogP) is 2.42. The molecular formula is C19H18F3N3O3. The standard InChI is InChI=1S/C19H18F3N3O3/c20-19(21,22)12-5-7-13(8-6-12)25-17(26)14-3-1-2-4-16(14)28-18(27)15-11-23-9-10-24-15/h1-8,15,23-24H,9-11H2,(H,25,26). The number of hydrogen-bond acceptors (Lipinski definition) is 5. The molecule has 0 radical (unpaired) electrons. The summed E-state index contributed by atoms with van der Waals surface area (Å²) in [6.07, 6.45) is -4.45. The third-order valence-electron chi connectivity index (χ3n) is 4.14. The van der Waals surface area contributed by atoms with Crippen LogP contribution in [0.15, 0.2) is 48.5 Å². The summed E-state index contributed by atoms with van der Waals surface area (Å²) in [5.41, 5.74) is -0.523. The molecular weight excluding hydrogens is 375 g/mol. The summed E-state index contributed by atoms with van der Waals surface area (Å²) in [5.74, 6) is -1.05. The molecule has 2 aromatic rings. The quantitative estimate of drug-likeness (QED) is 0.549. The fourth-order valence-corrected chi connectivity index (χ4v) is 2.68. The second kappa shape index (κ2) is 8.41. The van der Waals surface area contributed by atoms with E-state index < -0.39 is 29.7 Å². The normalized spacial score (nSPS) is 17.0. The van der Waals surface area contributed by atoms with Crippen LogP contribution >= 0.6 is 0 Å². The molecule has 1 aliphatic rings. The summed E-state index contributed by atoms with van der Waals surface area (Å²) in [4.78, 5) is 24.8. The lowest BCUT2D eigenvalue weighted by Crippen LogP contribution is -2.53. The molecule has 1 saturated heterocycles. The van der Waals surface area contributed by atoms with Crippen LogP contribution in [-0.4, -0.2) is 37.6 Å². The van der Waals surface area contributed by atoms with Crippen LogP contribution in [0.4, 0.5) is 18.9 Å². The van der Waals surface area contributed by atoms with Crippen LogP contribution in [0.5, 0.6) is 5.75 Å². The Labute approximate surface area is 159 Å². The van der Waals surface area contributed by atoms with Gasteiger partial charge in [0.2, 0.25) is 0 Å². The number of esters is 1. The Hall–Kier alpha value is -2.91. The summed E-state index contributed by atoms with van der Waals surface area (Å²) in [5, 5.41) is 8.58. The molecule has 2 aromatic carbocycles. The molecule has 3 rings (SSSR count). The van der Waals surface area contributed by atoms with Gasteiger partial charge in [0, 0.05) is 25.3 Å². The molecule has 1 fully saturated rings. The van der Waals surface area contributed by atoms with Crippen LogP contribution in [-0.2, 0) is 11.0 Å². The van der Waals surface area contributed by atoms with Crippen molar-refractivity contribution in [2.24, 2.45) is 0 Å². The minimum Gasteiger partial charge on any atom is -0.424 e. The van der Waals surface area contributed by atoms with E-state index in [1.807, 2.05) is 0 Å². The number of alkyl halides is 3. The lowest BCUT2D eigenvalue weighted by molar-refractivity contribution is -0.138. The molecule has 1 heterocycles. The van der Waals surface area contributed by atoms with Gasteiger partial charge < -0.3 is 20.7 Å². The molecule has 0 saturated carbocycles. The van der Waals surface area contributed by atoms with Gasteiger partial charge >= 0.3 is 12.1 Å². The minimum atomic E-state index is -4.45. The molecule has 1 atom stereocenters. The highest BCUT2D eigenvalue weighted by Gasteiger charge is 2.30. The van der Waals surface area contributed by atoms with E-state index in [4.69, 9.17) is 4.74 Å². The number of benzene rings is 2. The number of ether oxygens (including phenoxy) is 1. The van der Waals surface area contributed by atoms with E-state index in [2.05, 4.69) is 16.0 Å². The number of nitrogens with one attached hydrogen (secondary N) is 3. The third-order valence-corrected chi connectivity index (χ3v) is 4.14. The van der Waals surface area contributed by atoms with E-state index in [-0.39, 0.29) is 17.0 Å². The number of carbonyl (C=O) groups is 2. The molecule has 1 amide bonds. The van der Waals surface area contributed by atoms with Gasteiger partial charge in [-0.1, -0.05) is 12.1 Å². The van der Waals surface area contributed by atoms with Crippen LogP contribution in [0.25, 0.3) is 0 Å². The fraction of sp³-hybridized carbons (Fsp3) is 0.263. The lowest BCUT2D eigenvalue weighted by Gasteiger charge is -2.23. The first kappa shape index (κ1) is 19.8. The van der Waals surface area contributed by atoms with E-state index in [0.717, 1.165) is 30.8 Å². The Morgan fingerprint density at radius 2 is 1.75 bits per heavy atom. The molecule has 1 aliphatic heterocycles. The van der Waals surface area contributed by atoms with Gasteiger partial charge in [-0.2, -0.15) is 13.2 Å². The summed E-state index contributed by atoms with van der Waals surface area (Å²) >= 11 is 0. The van der Waals surface area contributed by atoms with Gasteiger partial charge in [0.1, 0.15) is 11.8 Å². The molecule has 28 heavy (non-hydrogen) atoms. The summed E-state index contributed by atoms with van der Waals surface area (Å²) in [7, 11) is 0. The van der Waals surface area contributed by atoms with E-state index >= 15 is 0 Å². The topological polar surface area (TPSA) is 79.5 Å². The second-order valence-electron chi connectivity index (χ2n) is 6.16. The van der Waals surface area contributed by atoms with Gasteiger partial charge in [0.15, 0.2) is 0 Å². The minimum absolute atomic E-state index is 0.0734. The van der Waals surface area contributed by atoms with Crippen LogP contribution in [0.3, 0.4) is 0 Å². The molecule has 9 heteroatoms. The maximum Gasteiger partial charge on any atom is 0.416 e. The molecule has 0 spiro atoms. The van der Waals surface area contributed by atoms with Gasteiger partial charge in [-0.3, -0.25) is 4.79 Å². The van der Waals surface area contributed by atoms with Gasteiger partial charge in [0.05, 0.1) is 11.1 Å². The third kappa shape index (κ3) is 4.87. The summed E-state index contributed by atoms with van der Waals surface area (Å²) in [6, 6.07) is 9.71. The summed E-state index contributed by atoms with van der Waals surface area (Å²) < 4.78 is 43.2. The highest BCUT2D eigenvalue weighted by atomic mass is 19.4. The number of halogens is 3. The number of amides is 1. The van der Waals surface area contributed by atoms with E-state index in [0.29, 0.717) is 13.1 Å². The van der Waals surface area contributed by atoms with Crippen molar-refractivity contribution < 1.29 is 27.5 Å². The number of carbonyl (C=O) groups excluding carboxylic acids is 2. The Bertz CT molecular complexity index is 847. The van der Waals surface area contributed by atoms with Gasteiger partial charge in [-0.15, -0.1) is 0 Å². The number of anilines is 1. The molecule has 6 nitrogen and oxygen atoms in total. The average Bonchev–Trinajstić information content (AvgIpc) is 2.68. The fourth-order valence-electron chi connectivity index (χ4n) is 2.68. The first-order valence-corrected chi connectivity index (χ1v) is 8.58.